The Balaban J connectivity index is 1.27. The molecule has 2 atom stereocenters. The number of methoxy groups -OCH3 is 1. The number of halogens is 1. The Morgan fingerprint density at radius 1 is 1.31 bits per heavy atom. The van der Waals surface area contributed by atoms with Crippen molar-refractivity contribution in [2.24, 2.45) is 17.8 Å². The van der Waals surface area contributed by atoms with Crippen molar-refractivity contribution in [1.82, 2.24) is 14.9 Å². The zero-order valence-corrected chi connectivity index (χ0v) is 24.2. The van der Waals surface area contributed by atoms with Crippen LogP contribution in [0.4, 0.5) is 17.3 Å². The van der Waals surface area contributed by atoms with Gasteiger partial charge < -0.3 is 29.7 Å². The van der Waals surface area contributed by atoms with Gasteiger partial charge in [0.2, 0.25) is 5.95 Å². The topological polar surface area (TPSA) is 132 Å². The van der Waals surface area contributed by atoms with Gasteiger partial charge in [-0.25, -0.2) is 9.97 Å². The third kappa shape index (κ3) is 4.74. The van der Waals surface area contributed by atoms with E-state index < -0.39 is 0 Å². The number of anilines is 3. The molecule has 2 aliphatic heterocycles. The van der Waals surface area contributed by atoms with Crippen molar-refractivity contribution in [3.05, 3.63) is 58.2 Å². The van der Waals surface area contributed by atoms with Gasteiger partial charge in [-0.1, -0.05) is 25.4 Å². The van der Waals surface area contributed by atoms with E-state index in [1.54, 1.807) is 35.4 Å². The summed E-state index contributed by atoms with van der Waals surface area (Å²) >= 11 is 6.59. The van der Waals surface area contributed by atoms with Gasteiger partial charge in [0, 0.05) is 49.1 Å². The third-order valence-corrected chi connectivity index (χ3v) is 8.95. The number of carbonyl (C=O) groups excluding carboxylic acids is 2. The standard InChI is InChI=1S/C30H29BClN6O4/c1-30(2)14-38(31-15-40)27-17(10-33)6-16(7-22(27)30)24-4-5-34-29(35-24)36-25-9-23(32)18(8-26(25)42-3)28(41)37-11-19-20(12-37)21(19)13-39/h4-9,15,19-21,39H,11-14H2,1-3H3,(H,34,35,36). The molecule has 1 radical (unpaired) electrons. The molecule has 2 fully saturated rings. The fourth-order valence-corrected chi connectivity index (χ4v) is 6.67. The highest BCUT2D eigenvalue weighted by atomic mass is 35.5. The van der Waals surface area contributed by atoms with Crippen molar-refractivity contribution in [3.8, 4) is 23.1 Å². The molecule has 10 nitrogen and oxygen atoms in total. The van der Waals surface area contributed by atoms with Crippen LogP contribution in [0.2, 0.25) is 5.02 Å². The second kappa shape index (κ2) is 10.6. The van der Waals surface area contributed by atoms with Crippen LogP contribution in [0.3, 0.4) is 0 Å². The molecule has 213 valence electrons. The van der Waals surface area contributed by atoms with Crippen LogP contribution in [0, 0.1) is 29.1 Å². The number of ether oxygens (including phenoxy) is 1. The van der Waals surface area contributed by atoms with Crippen LogP contribution >= 0.6 is 11.6 Å². The minimum atomic E-state index is -0.288. The first-order valence-corrected chi connectivity index (χ1v) is 14.1. The lowest BCUT2D eigenvalue weighted by atomic mass is 9.84. The summed E-state index contributed by atoms with van der Waals surface area (Å²) in [6.45, 7) is 6.13. The van der Waals surface area contributed by atoms with Crippen LogP contribution < -0.4 is 14.9 Å². The smallest absolute Gasteiger partial charge is 0.329 e. The first-order valence-electron chi connectivity index (χ1n) is 13.7. The Labute approximate surface area is 249 Å². The Kier molecular flexibility index (Phi) is 7.07. The minimum Gasteiger partial charge on any atom is -0.495 e. The Hall–Kier alpha value is -4.14. The number of piperidine rings is 1. The molecule has 1 aromatic heterocycles. The molecule has 0 bridgehead atoms. The molecule has 42 heavy (non-hydrogen) atoms. The van der Waals surface area contributed by atoms with Crippen molar-refractivity contribution >= 4 is 48.4 Å². The van der Waals surface area contributed by atoms with Gasteiger partial charge in [0.15, 0.2) is 0 Å². The van der Waals surface area contributed by atoms with Gasteiger partial charge in [-0.3, -0.25) is 4.79 Å². The Bertz CT molecular complexity index is 1630. The molecule has 2 N–H and O–H groups in total. The van der Waals surface area contributed by atoms with Crippen LogP contribution in [-0.4, -0.2) is 72.8 Å². The van der Waals surface area contributed by atoms with Gasteiger partial charge in [0.05, 0.1) is 34.6 Å². The molecule has 0 spiro atoms. The summed E-state index contributed by atoms with van der Waals surface area (Å²) in [7, 11) is 2.97. The Morgan fingerprint density at radius 2 is 2.07 bits per heavy atom. The van der Waals surface area contributed by atoms with E-state index in [9.17, 15) is 20.0 Å². The third-order valence-electron chi connectivity index (χ3n) is 8.64. The predicted molar refractivity (Wildman–Crippen MR) is 160 cm³/mol. The van der Waals surface area contributed by atoms with Crippen LogP contribution in [0.1, 0.15) is 35.3 Å². The van der Waals surface area contributed by atoms with E-state index in [1.165, 1.54) is 14.5 Å². The maximum atomic E-state index is 13.2. The first kappa shape index (κ1) is 28.0. The zero-order chi connectivity index (χ0) is 29.8. The number of hydrogen-bond acceptors (Lipinski definition) is 9. The number of aromatic nitrogens is 2. The molecule has 1 saturated heterocycles. The number of nitrogens with one attached hydrogen (secondary N) is 1. The quantitative estimate of drug-likeness (QED) is 0.301. The number of aliphatic hydroxyl groups excluding tert-OH is 1. The monoisotopic (exact) mass is 583 g/mol. The lowest BCUT2D eigenvalue weighted by Gasteiger charge is -2.21. The van der Waals surface area contributed by atoms with E-state index in [4.69, 9.17) is 21.3 Å². The van der Waals surface area contributed by atoms with Crippen LogP contribution in [0.5, 0.6) is 5.75 Å². The summed E-state index contributed by atoms with van der Waals surface area (Å²) in [5, 5.41) is 22.8. The van der Waals surface area contributed by atoms with E-state index in [0.717, 1.165) is 23.0 Å². The summed E-state index contributed by atoms with van der Waals surface area (Å²) in [4.78, 5) is 37.1. The lowest BCUT2D eigenvalue weighted by Crippen LogP contribution is -2.32. The molecule has 1 saturated carbocycles. The number of fused-ring (bicyclic) bond motifs is 2. The number of benzene rings is 2. The summed E-state index contributed by atoms with van der Waals surface area (Å²) in [5.74, 6) is 1.55. The van der Waals surface area contributed by atoms with E-state index in [2.05, 4.69) is 30.2 Å². The molecule has 3 heterocycles. The summed E-state index contributed by atoms with van der Waals surface area (Å²) < 4.78 is 5.59. The molecule has 2 unspecified atom stereocenters. The second-order valence-electron chi connectivity index (χ2n) is 11.6. The highest BCUT2D eigenvalue weighted by Gasteiger charge is 2.56. The average molecular weight is 584 g/mol. The van der Waals surface area contributed by atoms with Crippen LogP contribution in [-0.2, 0) is 10.2 Å². The molecular weight excluding hydrogens is 555 g/mol. The highest BCUT2D eigenvalue weighted by molar-refractivity contribution is 6.70. The van der Waals surface area contributed by atoms with Gasteiger partial charge in [0.25, 0.3) is 5.91 Å². The molecule has 1 aliphatic carbocycles. The molecule has 2 aromatic carbocycles. The summed E-state index contributed by atoms with van der Waals surface area (Å²) in [6.07, 6.45) is 2.35. The highest BCUT2D eigenvalue weighted by Crippen LogP contribution is 2.51. The van der Waals surface area contributed by atoms with Gasteiger partial charge in [-0.2, -0.15) is 5.26 Å². The first-order chi connectivity index (χ1) is 20.2. The summed E-state index contributed by atoms with van der Waals surface area (Å²) in [6, 6.07) is 11.1. The van der Waals surface area contributed by atoms with Crippen molar-refractivity contribution in [2.75, 3.05) is 43.5 Å². The van der Waals surface area contributed by atoms with Gasteiger partial charge in [-0.15, -0.1) is 0 Å². The fraction of sp³-hybridized carbons (Fsp3) is 0.367. The van der Waals surface area contributed by atoms with Crippen molar-refractivity contribution in [2.45, 2.75) is 19.3 Å². The lowest BCUT2D eigenvalue weighted by molar-refractivity contribution is 0.0760. The number of rotatable bonds is 8. The van der Waals surface area contributed by atoms with Gasteiger partial charge in [0.1, 0.15) is 18.0 Å². The zero-order valence-electron chi connectivity index (χ0n) is 23.5. The average Bonchev–Trinajstić information content (AvgIpc) is 3.31. The SMILES string of the molecule is COc1cc(C(=O)N2CC3C(CO)C3C2)c(Cl)cc1Nc1nccc(-c2cc(C#N)c3c(c2)C(C)(C)CN3[B]C=O)n1. The fourth-order valence-electron chi connectivity index (χ4n) is 6.42. The van der Waals surface area contributed by atoms with E-state index in [-0.39, 0.29) is 28.9 Å². The second-order valence-corrected chi connectivity index (χ2v) is 12.0. The number of nitriles is 1. The Morgan fingerprint density at radius 3 is 2.74 bits per heavy atom. The number of aliphatic hydroxyl groups is 1. The van der Waals surface area contributed by atoms with E-state index in [0.29, 0.717) is 65.6 Å². The largest absolute Gasteiger partial charge is 0.495 e. The molecular formula is C30H29BClN6O4. The van der Waals surface area contributed by atoms with E-state index in [1.807, 2.05) is 10.9 Å². The van der Waals surface area contributed by atoms with Crippen LogP contribution in [0.25, 0.3) is 11.3 Å². The molecule has 1 amide bonds. The van der Waals surface area contributed by atoms with Gasteiger partial charge in [-0.05, 0) is 53.6 Å². The van der Waals surface area contributed by atoms with E-state index >= 15 is 0 Å². The van der Waals surface area contributed by atoms with Gasteiger partial charge >= 0.3 is 7.41 Å². The predicted octanol–water partition coefficient (Wildman–Crippen LogP) is 3.64. The van der Waals surface area contributed by atoms with Crippen molar-refractivity contribution in [3.63, 3.8) is 0 Å². The van der Waals surface area contributed by atoms with Crippen molar-refractivity contribution < 1.29 is 19.4 Å². The molecule has 6 rings (SSSR count). The number of carbonyl (C=O) groups is 2. The van der Waals surface area contributed by atoms with Crippen LogP contribution in [0.15, 0.2) is 36.5 Å². The number of nitrogens with zero attached hydrogens (tertiary/aromatic N) is 5. The number of amides is 1. The normalized spacial score (nSPS) is 21.3. The van der Waals surface area contributed by atoms with Crippen molar-refractivity contribution in [1.29, 1.82) is 5.26 Å². The number of hydrogen-bond donors (Lipinski definition) is 2. The number of likely N-dealkylation sites (tertiary alicyclic amines) is 1. The molecule has 12 heteroatoms. The summed E-state index contributed by atoms with van der Waals surface area (Å²) in [5.41, 5.74) is 4.05. The maximum absolute atomic E-state index is 13.2. The molecule has 3 aromatic rings. The molecule has 3 aliphatic rings. The minimum absolute atomic E-state index is 0.163. The maximum Gasteiger partial charge on any atom is 0.329 e.